The molecule has 0 aliphatic carbocycles. The summed E-state index contributed by atoms with van der Waals surface area (Å²) in [7, 11) is 0. The number of carbonyl (C=O) groups is 1. The first-order chi connectivity index (χ1) is 11.7. The quantitative estimate of drug-likeness (QED) is 0.810. The lowest BCUT2D eigenvalue weighted by Gasteiger charge is -2.10. The molecule has 1 saturated heterocycles. The van der Waals surface area contributed by atoms with Crippen molar-refractivity contribution in [1.82, 2.24) is 15.5 Å². The fourth-order valence-corrected chi connectivity index (χ4v) is 3.15. The minimum atomic E-state index is -0.00654. The van der Waals surface area contributed by atoms with E-state index in [0.717, 1.165) is 25.0 Å². The molecule has 0 saturated carbocycles. The fourth-order valence-electron chi connectivity index (χ4n) is 2.34. The van der Waals surface area contributed by atoms with Gasteiger partial charge in [-0.05, 0) is 37.1 Å². The second-order valence-corrected chi connectivity index (χ2v) is 6.87. The molecule has 3 rings (SSSR count). The van der Waals surface area contributed by atoms with Crippen LogP contribution in [0.25, 0.3) is 11.4 Å². The van der Waals surface area contributed by atoms with Crippen molar-refractivity contribution in [1.29, 1.82) is 0 Å². The summed E-state index contributed by atoms with van der Waals surface area (Å²) >= 11 is 7.29. The first kappa shape index (κ1) is 17.3. The van der Waals surface area contributed by atoms with Crippen LogP contribution in [0.2, 0.25) is 5.02 Å². The van der Waals surface area contributed by atoms with Crippen LogP contribution in [0.5, 0.6) is 0 Å². The van der Waals surface area contributed by atoms with Crippen LogP contribution in [0, 0.1) is 0 Å². The SMILES string of the molecule is O=C(CSCc1nc(-c2ccc(Cl)cc2)no1)NC[C@H]1CCCO1. The van der Waals surface area contributed by atoms with Gasteiger partial charge < -0.3 is 14.6 Å². The highest BCUT2D eigenvalue weighted by atomic mass is 35.5. The molecule has 1 aromatic heterocycles. The van der Waals surface area contributed by atoms with Crippen molar-refractivity contribution in [3.05, 3.63) is 35.2 Å². The van der Waals surface area contributed by atoms with Gasteiger partial charge in [0.25, 0.3) is 0 Å². The summed E-state index contributed by atoms with van der Waals surface area (Å²) in [5.41, 5.74) is 0.841. The molecule has 0 spiro atoms. The number of hydrogen-bond donors (Lipinski definition) is 1. The van der Waals surface area contributed by atoms with Gasteiger partial charge in [0, 0.05) is 23.7 Å². The molecule has 1 aromatic carbocycles. The maximum Gasteiger partial charge on any atom is 0.236 e. The predicted molar refractivity (Wildman–Crippen MR) is 92.9 cm³/mol. The normalized spacial score (nSPS) is 17.1. The Hall–Kier alpha value is -1.57. The third-order valence-electron chi connectivity index (χ3n) is 3.58. The van der Waals surface area contributed by atoms with Gasteiger partial charge in [-0.25, -0.2) is 0 Å². The Balaban J connectivity index is 1.40. The van der Waals surface area contributed by atoms with Gasteiger partial charge in [-0.15, -0.1) is 11.8 Å². The fraction of sp³-hybridized carbons (Fsp3) is 0.438. The Morgan fingerprint density at radius 3 is 2.96 bits per heavy atom. The number of thioether (sulfide) groups is 1. The number of benzene rings is 1. The molecular formula is C16H18ClN3O3S. The summed E-state index contributed by atoms with van der Waals surface area (Å²) in [6.45, 7) is 1.38. The first-order valence-corrected chi connectivity index (χ1v) is 9.28. The van der Waals surface area contributed by atoms with E-state index >= 15 is 0 Å². The number of rotatable bonds is 7. The number of ether oxygens (including phenoxy) is 1. The van der Waals surface area contributed by atoms with Crippen LogP contribution < -0.4 is 5.32 Å². The van der Waals surface area contributed by atoms with Crippen LogP contribution in [0.3, 0.4) is 0 Å². The number of carbonyl (C=O) groups excluding carboxylic acids is 1. The van der Waals surface area contributed by atoms with E-state index in [9.17, 15) is 4.79 Å². The van der Waals surface area contributed by atoms with Crippen LogP contribution in [0.15, 0.2) is 28.8 Å². The van der Waals surface area contributed by atoms with Crippen LogP contribution in [-0.4, -0.2) is 41.1 Å². The van der Waals surface area contributed by atoms with Crippen LogP contribution in [-0.2, 0) is 15.3 Å². The van der Waals surface area contributed by atoms with Crippen molar-refractivity contribution in [3.63, 3.8) is 0 Å². The Kier molecular flexibility index (Phi) is 6.12. The number of aromatic nitrogens is 2. The molecule has 1 N–H and O–H groups in total. The van der Waals surface area contributed by atoms with Gasteiger partial charge in [-0.3, -0.25) is 4.79 Å². The van der Waals surface area contributed by atoms with Gasteiger partial charge in [0.1, 0.15) is 0 Å². The smallest absolute Gasteiger partial charge is 0.236 e. The lowest BCUT2D eigenvalue weighted by atomic mass is 10.2. The Morgan fingerprint density at radius 1 is 1.38 bits per heavy atom. The van der Waals surface area contributed by atoms with Gasteiger partial charge >= 0.3 is 0 Å². The van der Waals surface area contributed by atoms with E-state index in [2.05, 4.69) is 15.5 Å². The third-order valence-corrected chi connectivity index (χ3v) is 4.75. The molecule has 1 aliphatic heterocycles. The molecule has 2 heterocycles. The second-order valence-electron chi connectivity index (χ2n) is 5.45. The highest BCUT2D eigenvalue weighted by Crippen LogP contribution is 2.20. The average molecular weight is 368 g/mol. The topological polar surface area (TPSA) is 77.2 Å². The van der Waals surface area contributed by atoms with Gasteiger partial charge in [-0.1, -0.05) is 16.8 Å². The van der Waals surface area contributed by atoms with Crippen molar-refractivity contribution < 1.29 is 14.1 Å². The predicted octanol–water partition coefficient (Wildman–Crippen LogP) is 2.92. The Bertz CT molecular complexity index is 671. The van der Waals surface area contributed by atoms with E-state index in [4.69, 9.17) is 20.9 Å². The van der Waals surface area contributed by atoms with Crippen molar-refractivity contribution in [2.45, 2.75) is 24.7 Å². The molecule has 0 unspecified atom stereocenters. The molecule has 1 aliphatic rings. The van der Waals surface area contributed by atoms with Crippen LogP contribution >= 0.6 is 23.4 Å². The highest BCUT2D eigenvalue weighted by molar-refractivity contribution is 7.99. The Morgan fingerprint density at radius 2 is 2.21 bits per heavy atom. The summed E-state index contributed by atoms with van der Waals surface area (Å²) in [5.74, 6) is 1.86. The summed E-state index contributed by atoms with van der Waals surface area (Å²) in [5, 5.41) is 7.49. The summed E-state index contributed by atoms with van der Waals surface area (Å²) in [6, 6.07) is 7.23. The highest BCUT2D eigenvalue weighted by Gasteiger charge is 2.16. The van der Waals surface area contributed by atoms with Crippen molar-refractivity contribution >= 4 is 29.3 Å². The number of amides is 1. The van der Waals surface area contributed by atoms with E-state index in [1.807, 2.05) is 12.1 Å². The second kappa shape index (κ2) is 8.50. The molecule has 1 atom stereocenters. The molecule has 128 valence electrons. The number of nitrogens with zero attached hydrogens (tertiary/aromatic N) is 2. The zero-order chi connectivity index (χ0) is 16.8. The molecule has 6 nitrogen and oxygen atoms in total. The number of hydrogen-bond acceptors (Lipinski definition) is 6. The largest absolute Gasteiger partial charge is 0.376 e. The lowest BCUT2D eigenvalue weighted by molar-refractivity contribution is -0.119. The van der Waals surface area contributed by atoms with Gasteiger partial charge in [0.05, 0.1) is 17.6 Å². The van der Waals surface area contributed by atoms with E-state index in [1.54, 1.807) is 12.1 Å². The first-order valence-electron chi connectivity index (χ1n) is 7.75. The van der Waals surface area contributed by atoms with E-state index < -0.39 is 0 Å². The molecule has 1 amide bonds. The lowest BCUT2D eigenvalue weighted by Crippen LogP contribution is -2.32. The molecule has 1 fully saturated rings. The maximum absolute atomic E-state index is 11.8. The summed E-state index contributed by atoms with van der Waals surface area (Å²) < 4.78 is 10.7. The van der Waals surface area contributed by atoms with E-state index in [1.165, 1.54) is 11.8 Å². The molecule has 8 heteroatoms. The zero-order valence-electron chi connectivity index (χ0n) is 13.0. The van der Waals surface area contributed by atoms with Crippen LogP contribution in [0.1, 0.15) is 18.7 Å². The minimum Gasteiger partial charge on any atom is -0.376 e. The molecular weight excluding hydrogens is 350 g/mol. The third kappa shape index (κ3) is 4.96. The molecule has 24 heavy (non-hydrogen) atoms. The Labute approximate surface area is 149 Å². The zero-order valence-corrected chi connectivity index (χ0v) is 14.6. The van der Waals surface area contributed by atoms with Crippen LogP contribution in [0.4, 0.5) is 0 Å². The van der Waals surface area contributed by atoms with Gasteiger partial charge in [0.15, 0.2) is 0 Å². The van der Waals surface area contributed by atoms with E-state index in [0.29, 0.717) is 34.8 Å². The van der Waals surface area contributed by atoms with Crippen molar-refractivity contribution in [2.24, 2.45) is 0 Å². The molecule has 0 radical (unpaired) electrons. The summed E-state index contributed by atoms with van der Waals surface area (Å²) in [4.78, 5) is 16.1. The number of nitrogens with one attached hydrogen (secondary N) is 1. The standard InChI is InChI=1S/C16H18ClN3O3S/c17-12-5-3-11(4-6-12)16-19-15(23-20-16)10-24-9-14(21)18-8-13-2-1-7-22-13/h3-6,13H,1-2,7-10H2,(H,18,21)/t13-/m1/s1. The van der Waals surface area contributed by atoms with E-state index in [-0.39, 0.29) is 12.0 Å². The average Bonchev–Trinajstić information content (AvgIpc) is 3.25. The minimum absolute atomic E-state index is 0.00654. The van der Waals surface area contributed by atoms with Gasteiger partial charge in [0.2, 0.25) is 17.6 Å². The van der Waals surface area contributed by atoms with Gasteiger partial charge in [-0.2, -0.15) is 4.98 Å². The monoisotopic (exact) mass is 367 g/mol. The maximum atomic E-state index is 11.8. The number of halogens is 1. The van der Waals surface area contributed by atoms with Crippen molar-refractivity contribution in [3.8, 4) is 11.4 Å². The van der Waals surface area contributed by atoms with Crippen molar-refractivity contribution in [2.75, 3.05) is 18.9 Å². The molecule has 2 aromatic rings. The molecule has 0 bridgehead atoms. The summed E-state index contributed by atoms with van der Waals surface area (Å²) in [6.07, 6.45) is 2.25.